The second-order valence-electron chi connectivity index (χ2n) is 4.61. The van der Waals surface area contributed by atoms with E-state index in [-0.39, 0.29) is 18.3 Å². The van der Waals surface area contributed by atoms with Crippen molar-refractivity contribution in [1.82, 2.24) is 10.1 Å². The highest BCUT2D eigenvalue weighted by molar-refractivity contribution is 6.30. The highest BCUT2D eigenvalue weighted by atomic mass is 35.5. The Labute approximate surface area is 135 Å². The van der Waals surface area contributed by atoms with Crippen LogP contribution in [0.1, 0.15) is 16.2 Å². The highest BCUT2D eigenvalue weighted by Crippen LogP contribution is 2.17. The Morgan fingerprint density at radius 2 is 2.00 bits per heavy atom. The molecule has 0 fully saturated rings. The van der Waals surface area contributed by atoms with Gasteiger partial charge in [-0.05, 0) is 36.4 Å². The number of halogens is 2. The molecule has 0 aliphatic carbocycles. The highest BCUT2D eigenvalue weighted by Gasteiger charge is 2.12. The Morgan fingerprint density at radius 3 is 2.74 bits per heavy atom. The van der Waals surface area contributed by atoms with Crippen LogP contribution in [-0.4, -0.2) is 16.1 Å². The normalized spacial score (nSPS) is 10.5. The molecule has 1 aromatic heterocycles. The summed E-state index contributed by atoms with van der Waals surface area (Å²) in [5.41, 5.74) is 0.836. The van der Waals surface area contributed by atoms with Crippen molar-refractivity contribution in [2.75, 3.05) is 0 Å². The van der Waals surface area contributed by atoms with E-state index in [2.05, 4.69) is 10.1 Å². The van der Waals surface area contributed by atoms with Gasteiger partial charge in [0.05, 0.1) is 5.56 Å². The number of hydrogen-bond acceptors (Lipinski definition) is 5. The van der Waals surface area contributed by atoms with Gasteiger partial charge in [-0.25, -0.2) is 9.18 Å². The van der Waals surface area contributed by atoms with Crippen molar-refractivity contribution in [2.45, 2.75) is 6.61 Å². The molecule has 3 rings (SSSR count). The fourth-order valence-electron chi connectivity index (χ4n) is 1.85. The van der Waals surface area contributed by atoms with Crippen molar-refractivity contribution >= 4 is 17.6 Å². The molecular weight excluding hydrogens is 323 g/mol. The largest absolute Gasteiger partial charge is 0.452 e. The van der Waals surface area contributed by atoms with Gasteiger partial charge < -0.3 is 9.26 Å². The molecule has 0 aliphatic heterocycles. The number of nitrogens with zero attached hydrogens (tertiary/aromatic N) is 2. The first-order valence-corrected chi connectivity index (χ1v) is 7.01. The molecule has 0 atom stereocenters. The Hall–Kier alpha value is -2.73. The average Bonchev–Trinajstić information content (AvgIpc) is 3.02. The second-order valence-corrected chi connectivity index (χ2v) is 5.04. The molecule has 7 heteroatoms. The maximum atomic E-state index is 13.2. The predicted molar refractivity (Wildman–Crippen MR) is 80.3 cm³/mol. The van der Waals surface area contributed by atoms with Crippen molar-refractivity contribution in [1.29, 1.82) is 0 Å². The maximum Gasteiger partial charge on any atom is 0.338 e. The Morgan fingerprint density at radius 1 is 1.22 bits per heavy atom. The summed E-state index contributed by atoms with van der Waals surface area (Å²) in [6.07, 6.45) is 0. The molecule has 0 N–H and O–H groups in total. The van der Waals surface area contributed by atoms with E-state index in [1.807, 2.05) is 0 Å². The van der Waals surface area contributed by atoms with Gasteiger partial charge in [0.15, 0.2) is 6.61 Å². The Kier molecular flexibility index (Phi) is 4.34. The van der Waals surface area contributed by atoms with E-state index in [0.29, 0.717) is 16.1 Å². The van der Waals surface area contributed by atoms with Crippen molar-refractivity contribution in [3.8, 4) is 11.4 Å². The Balaban J connectivity index is 1.65. The van der Waals surface area contributed by atoms with E-state index in [1.165, 1.54) is 12.1 Å². The van der Waals surface area contributed by atoms with Crippen LogP contribution in [-0.2, 0) is 11.3 Å². The molecule has 0 amide bonds. The lowest BCUT2D eigenvalue weighted by atomic mass is 10.2. The van der Waals surface area contributed by atoms with Crippen molar-refractivity contribution in [2.24, 2.45) is 0 Å². The lowest BCUT2D eigenvalue weighted by Gasteiger charge is -2.01. The quantitative estimate of drug-likeness (QED) is 0.678. The zero-order chi connectivity index (χ0) is 16.2. The SMILES string of the molecule is O=C(OCc1nc(-c2cccc(F)c2)no1)c1ccc(Cl)cc1. The summed E-state index contributed by atoms with van der Waals surface area (Å²) in [6, 6.07) is 12.1. The standard InChI is InChI=1S/C16H10ClFN2O3/c17-12-6-4-10(5-7-12)16(21)22-9-14-19-15(20-23-14)11-2-1-3-13(18)8-11/h1-8H,9H2. The summed E-state index contributed by atoms with van der Waals surface area (Å²) >= 11 is 5.75. The van der Waals surface area contributed by atoms with Crippen molar-refractivity contribution < 1.29 is 18.4 Å². The molecule has 0 radical (unpaired) electrons. The van der Waals surface area contributed by atoms with Crippen LogP contribution in [0.2, 0.25) is 5.02 Å². The first kappa shape index (κ1) is 15.2. The summed E-state index contributed by atoms with van der Waals surface area (Å²) < 4.78 is 23.2. The fraction of sp³-hybridized carbons (Fsp3) is 0.0625. The average molecular weight is 333 g/mol. The summed E-state index contributed by atoms with van der Waals surface area (Å²) in [6.45, 7) is -0.177. The van der Waals surface area contributed by atoms with Gasteiger partial charge >= 0.3 is 5.97 Å². The van der Waals surface area contributed by atoms with Gasteiger partial charge in [-0.3, -0.25) is 0 Å². The number of esters is 1. The monoisotopic (exact) mass is 332 g/mol. The van der Waals surface area contributed by atoms with Crippen LogP contribution < -0.4 is 0 Å². The number of rotatable bonds is 4. The molecule has 0 unspecified atom stereocenters. The van der Waals surface area contributed by atoms with Crippen LogP contribution in [0.3, 0.4) is 0 Å². The molecule has 0 aliphatic rings. The van der Waals surface area contributed by atoms with E-state index in [1.54, 1.807) is 36.4 Å². The molecule has 0 spiro atoms. The summed E-state index contributed by atoms with van der Waals surface area (Å²) in [5.74, 6) is -0.594. The first-order valence-electron chi connectivity index (χ1n) is 6.63. The topological polar surface area (TPSA) is 65.2 Å². The summed E-state index contributed by atoms with van der Waals surface area (Å²) in [7, 11) is 0. The number of hydrogen-bond donors (Lipinski definition) is 0. The van der Waals surface area contributed by atoms with Gasteiger partial charge in [0.25, 0.3) is 5.89 Å². The lowest BCUT2D eigenvalue weighted by Crippen LogP contribution is -2.05. The molecule has 0 saturated heterocycles. The molecular formula is C16H10ClFN2O3. The van der Waals surface area contributed by atoms with E-state index in [4.69, 9.17) is 20.9 Å². The van der Waals surface area contributed by atoms with E-state index < -0.39 is 11.8 Å². The summed E-state index contributed by atoms with van der Waals surface area (Å²) in [5, 5.41) is 4.25. The summed E-state index contributed by atoms with van der Waals surface area (Å²) in [4.78, 5) is 15.9. The van der Waals surface area contributed by atoms with Gasteiger partial charge in [-0.2, -0.15) is 4.98 Å². The molecule has 1 heterocycles. The lowest BCUT2D eigenvalue weighted by molar-refractivity contribution is 0.0430. The number of ether oxygens (including phenoxy) is 1. The molecule has 3 aromatic rings. The van der Waals surface area contributed by atoms with Crippen LogP contribution in [0, 0.1) is 5.82 Å². The number of carbonyl (C=O) groups excluding carboxylic acids is 1. The number of aromatic nitrogens is 2. The minimum Gasteiger partial charge on any atom is -0.452 e. The van der Waals surface area contributed by atoms with Crippen molar-refractivity contribution in [3.05, 3.63) is 70.8 Å². The zero-order valence-electron chi connectivity index (χ0n) is 11.7. The van der Waals surface area contributed by atoms with E-state index in [9.17, 15) is 9.18 Å². The van der Waals surface area contributed by atoms with Crippen molar-refractivity contribution in [3.63, 3.8) is 0 Å². The minimum atomic E-state index is -0.535. The van der Waals surface area contributed by atoms with Crippen LogP contribution in [0.25, 0.3) is 11.4 Å². The van der Waals surface area contributed by atoms with Crippen LogP contribution in [0.5, 0.6) is 0 Å². The van der Waals surface area contributed by atoms with Crippen LogP contribution >= 0.6 is 11.6 Å². The smallest absolute Gasteiger partial charge is 0.338 e. The Bertz CT molecular complexity index is 833. The number of benzene rings is 2. The molecule has 2 aromatic carbocycles. The van der Waals surface area contributed by atoms with Gasteiger partial charge in [-0.15, -0.1) is 0 Å². The number of carbonyl (C=O) groups is 1. The maximum absolute atomic E-state index is 13.2. The molecule has 116 valence electrons. The van der Waals surface area contributed by atoms with Gasteiger partial charge in [0.1, 0.15) is 5.82 Å². The zero-order valence-corrected chi connectivity index (χ0v) is 12.5. The van der Waals surface area contributed by atoms with Gasteiger partial charge in [-0.1, -0.05) is 28.9 Å². The molecule has 5 nitrogen and oxygen atoms in total. The van der Waals surface area contributed by atoms with Crippen LogP contribution in [0.4, 0.5) is 4.39 Å². The third kappa shape index (κ3) is 3.73. The molecule has 0 saturated carbocycles. The molecule has 23 heavy (non-hydrogen) atoms. The fourth-order valence-corrected chi connectivity index (χ4v) is 1.98. The van der Waals surface area contributed by atoms with E-state index in [0.717, 1.165) is 0 Å². The van der Waals surface area contributed by atoms with Gasteiger partial charge in [0.2, 0.25) is 5.82 Å². The van der Waals surface area contributed by atoms with E-state index >= 15 is 0 Å². The predicted octanol–water partition coefficient (Wildman–Crippen LogP) is 3.89. The molecule has 0 bridgehead atoms. The van der Waals surface area contributed by atoms with Crippen LogP contribution in [0.15, 0.2) is 53.1 Å². The third-order valence-corrected chi connectivity index (χ3v) is 3.21. The third-order valence-electron chi connectivity index (χ3n) is 2.96. The second kappa shape index (κ2) is 6.58. The first-order chi connectivity index (χ1) is 11.1. The van der Waals surface area contributed by atoms with Gasteiger partial charge in [0, 0.05) is 10.6 Å². The minimum absolute atomic E-state index is 0.117.